The molecule has 0 fully saturated rings. The zero-order chi connectivity index (χ0) is 10.2. The fraction of sp³-hybridized carbons (Fsp3) is 0.455. The molecule has 0 aliphatic carbocycles. The first kappa shape index (κ1) is 10.1. The molecule has 0 saturated heterocycles. The highest BCUT2D eigenvalue weighted by atomic mass is 79.9. The summed E-state index contributed by atoms with van der Waals surface area (Å²) in [6, 6.07) is 5.83. The fourth-order valence-corrected chi connectivity index (χ4v) is 2.23. The number of fused-ring (bicyclic) bond motifs is 1. The van der Waals surface area contributed by atoms with Crippen LogP contribution in [-0.4, -0.2) is 6.54 Å². The molecule has 0 amide bonds. The predicted molar refractivity (Wildman–Crippen MR) is 58.9 cm³/mol. The number of halogens is 2. The van der Waals surface area contributed by atoms with Crippen molar-refractivity contribution in [1.82, 2.24) is 5.32 Å². The van der Waals surface area contributed by atoms with Crippen LogP contribution < -0.4 is 5.32 Å². The van der Waals surface area contributed by atoms with Crippen LogP contribution in [0.3, 0.4) is 0 Å². The Hall–Kier alpha value is -0.410. The van der Waals surface area contributed by atoms with E-state index in [1.54, 1.807) is 6.92 Å². The molecule has 1 aliphatic rings. The minimum Gasteiger partial charge on any atom is -0.313 e. The van der Waals surface area contributed by atoms with E-state index in [4.69, 9.17) is 0 Å². The number of alkyl halides is 1. The minimum atomic E-state index is -1.21. The van der Waals surface area contributed by atoms with Crippen molar-refractivity contribution in [1.29, 1.82) is 0 Å². The number of nitrogens with one attached hydrogen (secondary N) is 1. The third kappa shape index (κ3) is 1.84. The average molecular weight is 258 g/mol. The third-order valence-corrected chi connectivity index (χ3v) is 3.21. The number of rotatable bonds is 0. The Kier molecular flexibility index (Phi) is 2.62. The summed E-state index contributed by atoms with van der Waals surface area (Å²) in [5.74, 6) is 0. The molecule has 14 heavy (non-hydrogen) atoms. The van der Waals surface area contributed by atoms with E-state index >= 15 is 0 Å². The largest absolute Gasteiger partial charge is 0.313 e. The first-order valence-corrected chi connectivity index (χ1v) is 5.57. The second-order valence-electron chi connectivity index (χ2n) is 3.93. The van der Waals surface area contributed by atoms with Crippen molar-refractivity contribution in [2.75, 3.05) is 6.54 Å². The van der Waals surface area contributed by atoms with Crippen LogP contribution in [0.25, 0.3) is 0 Å². The van der Waals surface area contributed by atoms with Gasteiger partial charge in [-0.3, -0.25) is 0 Å². The zero-order valence-electron chi connectivity index (χ0n) is 8.11. The molecule has 0 bridgehead atoms. The van der Waals surface area contributed by atoms with Crippen LogP contribution in [0.5, 0.6) is 0 Å². The summed E-state index contributed by atoms with van der Waals surface area (Å²) in [4.78, 5) is 0. The fourth-order valence-electron chi connectivity index (χ4n) is 1.87. The molecule has 1 N–H and O–H groups in total. The van der Waals surface area contributed by atoms with Crippen LogP contribution in [0, 0.1) is 0 Å². The van der Waals surface area contributed by atoms with Gasteiger partial charge in [-0.2, -0.15) is 0 Å². The van der Waals surface area contributed by atoms with E-state index in [1.807, 2.05) is 18.2 Å². The van der Waals surface area contributed by atoms with Gasteiger partial charge in [-0.05, 0) is 43.1 Å². The molecule has 1 aliphatic heterocycles. The maximum atomic E-state index is 14.2. The summed E-state index contributed by atoms with van der Waals surface area (Å²) in [6.45, 7) is 3.16. The van der Waals surface area contributed by atoms with Crippen LogP contribution >= 0.6 is 15.9 Å². The van der Waals surface area contributed by atoms with E-state index in [1.165, 1.54) is 0 Å². The van der Waals surface area contributed by atoms with E-state index in [0.717, 1.165) is 28.7 Å². The maximum Gasteiger partial charge on any atom is 0.134 e. The summed E-state index contributed by atoms with van der Waals surface area (Å²) in [6.07, 6.45) is 0.538. The van der Waals surface area contributed by atoms with Crippen molar-refractivity contribution in [3.63, 3.8) is 0 Å². The molecule has 0 aromatic heterocycles. The van der Waals surface area contributed by atoms with Crippen molar-refractivity contribution in [2.45, 2.75) is 25.6 Å². The molecular formula is C11H13BrFN. The second-order valence-corrected chi connectivity index (χ2v) is 4.84. The Morgan fingerprint density at radius 2 is 2.29 bits per heavy atom. The zero-order valence-corrected chi connectivity index (χ0v) is 9.70. The quantitative estimate of drug-likeness (QED) is 0.753. The highest BCUT2D eigenvalue weighted by molar-refractivity contribution is 9.10. The molecule has 1 atom stereocenters. The van der Waals surface area contributed by atoms with Crippen LogP contribution in [0.2, 0.25) is 0 Å². The van der Waals surface area contributed by atoms with Gasteiger partial charge >= 0.3 is 0 Å². The highest BCUT2D eigenvalue weighted by Crippen LogP contribution is 2.34. The number of hydrogen-bond donors (Lipinski definition) is 1. The molecule has 0 radical (unpaired) electrons. The van der Waals surface area contributed by atoms with E-state index in [0.29, 0.717) is 6.42 Å². The van der Waals surface area contributed by atoms with E-state index < -0.39 is 5.67 Å². The number of hydrogen-bond acceptors (Lipinski definition) is 1. The van der Waals surface area contributed by atoms with Crippen LogP contribution in [0.4, 0.5) is 4.39 Å². The van der Waals surface area contributed by atoms with Crippen molar-refractivity contribution >= 4 is 15.9 Å². The monoisotopic (exact) mass is 257 g/mol. The van der Waals surface area contributed by atoms with Gasteiger partial charge in [0.05, 0.1) is 0 Å². The van der Waals surface area contributed by atoms with Crippen molar-refractivity contribution in [3.8, 4) is 0 Å². The van der Waals surface area contributed by atoms with Crippen molar-refractivity contribution in [2.24, 2.45) is 0 Å². The first-order chi connectivity index (χ1) is 6.59. The molecule has 1 aromatic rings. The lowest BCUT2D eigenvalue weighted by Crippen LogP contribution is -2.18. The van der Waals surface area contributed by atoms with Crippen LogP contribution in [0.15, 0.2) is 22.7 Å². The Labute approximate surface area is 91.8 Å². The molecule has 0 spiro atoms. The van der Waals surface area contributed by atoms with Gasteiger partial charge in [0.15, 0.2) is 0 Å². The molecule has 1 aromatic carbocycles. The van der Waals surface area contributed by atoms with E-state index in [2.05, 4.69) is 21.2 Å². The summed E-state index contributed by atoms with van der Waals surface area (Å²) >= 11 is 3.38. The smallest absolute Gasteiger partial charge is 0.134 e. The standard InChI is InChI=1S/C11H13BrFN/c1-11(13)4-5-14-7-8-2-3-9(12)6-10(8)11/h2-3,6,14H,4-5,7H2,1H3. The van der Waals surface area contributed by atoms with Crippen molar-refractivity contribution < 1.29 is 4.39 Å². The molecule has 1 unspecified atom stereocenters. The van der Waals surface area contributed by atoms with Crippen LogP contribution in [-0.2, 0) is 12.2 Å². The summed E-state index contributed by atoms with van der Waals surface area (Å²) in [5.41, 5.74) is 0.676. The van der Waals surface area contributed by atoms with Crippen LogP contribution in [0.1, 0.15) is 24.5 Å². The Balaban J connectivity index is 2.52. The molecule has 1 heterocycles. The lowest BCUT2D eigenvalue weighted by atomic mass is 9.92. The summed E-state index contributed by atoms with van der Waals surface area (Å²) in [7, 11) is 0. The molecular weight excluding hydrogens is 245 g/mol. The normalized spacial score (nSPS) is 26.8. The Bertz CT molecular complexity index is 349. The molecule has 76 valence electrons. The van der Waals surface area contributed by atoms with Gasteiger partial charge in [-0.1, -0.05) is 22.0 Å². The maximum absolute atomic E-state index is 14.2. The predicted octanol–water partition coefficient (Wildman–Crippen LogP) is 3.13. The highest BCUT2D eigenvalue weighted by Gasteiger charge is 2.29. The summed E-state index contributed by atoms with van der Waals surface area (Å²) < 4.78 is 15.2. The van der Waals surface area contributed by atoms with E-state index in [9.17, 15) is 4.39 Å². The van der Waals surface area contributed by atoms with E-state index in [-0.39, 0.29) is 0 Å². The topological polar surface area (TPSA) is 12.0 Å². The molecule has 2 rings (SSSR count). The Morgan fingerprint density at radius 1 is 1.50 bits per heavy atom. The van der Waals surface area contributed by atoms with Gasteiger partial charge in [0.1, 0.15) is 5.67 Å². The molecule has 0 saturated carbocycles. The minimum absolute atomic E-state index is 0.538. The summed E-state index contributed by atoms with van der Waals surface area (Å²) in [5, 5.41) is 3.22. The average Bonchev–Trinajstić information content (AvgIpc) is 2.26. The van der Waals surface area contributed by atoms with Gasteiger partial charge in [0, 0.05) is 11.0 Å². The van der Waals surface area contributed by atoms with Crippen molar-refractivity contribution in [3.05, 3.63) is 33.8 Å². The lowest BCUT2D eigenvalue weighted by molar-refractivity contribution is 0.180. The third-order valence-electron chi connectivity index (χ3n) is 2.72. The van der Waals surface area contributed by atoms with Gasteiger partial charge < -0.3 is 5.32 Å². The molecule has 3 heteroatoms. The lowest BCUT2D eigenvalue weighted by Gasteiger charge is -2.20. The molecule has 1 nitrogen and oxygen atoms in total. The first-order valence-electron chi connectivity index (χ1n) is 4.78. The van der Waals surface area contributed by atoms with Gasteiger partial charge in [0.25, 0.3) is 0 Å². The Morgan fingerprint density at radius 3 is 3.07 bits per heavy atom. The van der Waals surface area contributed by atoms with Gasteiger partial charge in [-0.25, -0.2) is 4.39 Å². The SMILES string of the molecule is CC1(F)CCNCc2ccc(Br)cc21. The number of benzene rings is 1. The van der Waals surface area contributed by atoms with Gasteiger partial charge in [-0.15, -0.1) is 0 Å². The van der Waals surface area contributed by atoms with Gasteiger partial charge in [0.2, 0.25) is 0 Å². The second kappa shape index (κ2) is 3.63.